The number of ether oxygens (including phenoxy) is 3. The van der Waals surface area contributed by atoms with Crippen LogP contribution in [0.25, 0.3) is 111 Å². The largest absolute Gasteiger partial charge is 0.508 e. The third-order valence-corrected chi connectivity index (χ3v) is 23.5. The average Bonchev–Trinajstić information content (AvgIpc) is 1.69. The highest BCUT2D eigenvalue weighted by molar-refractivity contribution is 6.02. The Morgan fingerprint density at radius 1 is 0.277 bits per heavy atom. The molecule has 0 fully saturated rings. The number of benzene rings is 15. The number of phenolic OH excluding ortho intramolecular Hbond substituents is 3. The Labute approximate surface area is 791 Å². The number of carbonyl (C=O) groups excluding carboxylic acids is 5. The number of aromatic amines is 5. The molecule has 0 radical (unpaired) electrons. The van der Waals surface area contributed by atoms with Crippen molar-refractivity contribution >= 4 is 112 Å². The van der Waals surface area contributed by atoms with Crippen LogP contribution in [0.1, 0.15) is 53.5 Å². The highest BCUT2D eigenvalue weighted by Gasteiger charge is 2.21. The number of aryl methyl sites for hydroxylation is 4. The van der Waals surface area contributed by atoms with Gasteiger partial charge in [0, 0.05) is 136 Å². The van der Waals surface area contributed by atoms with Crippen LogP contribution in [-0.2, 0) is 56.1 Å². The standard InChI is InChI=1S/C24H22N2O2.C23H18N2O3.C23H20N2O3.C23H20N2O2.C23H20N2O/c1-28-23-13-7-3-8-17(23)14-15-24(27)26-21-12-6-4-10-19(21)22-16-18-9-2-5-11-20(18)25-22;26-23(12-15-9-10-21-22(11-15)28-14-27-21)25-19-8-4-2-6-17(19)20-13-16-5-1-3-7-18(16)24-20;26-21-11-9-15(13-22(21)27)10-12-23(28)25-19-8-4-2-6-17(19)20-14-16-5-1-3-7-18(16)24-20;26-18-12-9-16(10-13-18)11-14-23(27)25-21-8-4-2-6-19(21)22-15-17-5-1-3-7-20(17)24-22;26-23(15-14-17-8-2-1-3-9-17)25-21-13-7-5-11-19(21)22-16-18-10-4-6-12-20(18)24-22/h2-13,16,25H,14-15H2,1H3,(H,26,27);1-11,13,24H,12,14H2,(H,25,26);1-9,11,13-14,24,26-27H,10,12H2,(H,25,28);1-10,12-13,15,24,26H,11,14H2,(H,25,27);1-13,16,24H,14-15H2,(H,25,26). The lowest BCUT2D eigenvalue weighted by Gasteiger charge is -2.11. The van der Waals surface area contributed by atoms with Gasteiger partial charge in [-0.3, -0.25) is 24.0 Å². The third-order valence-electron chi connectivity index (χ3n) is 23.5. The van der Waals surface area contributed by atoms with Crippen molar-refractivity contribution in [2.75, 3.05) is 40.5 Å². The van der Waals surface area contributed by atoms with Crippen LogP contribution < -0.4 is 40.8 Å². The minimum atomic E-state index is -0.179. The lowest BCUT2D eigenvalue weighted by Crippen LogP contribution is -2.15. The number of nitrogens with one attached hydrogen (secondary N) is 10. The maximum atomic E-state index is 12.6. The van der Waals surface area contributed by atoms with Crippen LogP contribution in [0.3, 0.4) is 0 Å². The first-order chi connectivity index (χ1) is 67.1. The van der Waals surface area contributed by atoms with Crippen molar-refractivity contribution in [1.29, 1.82) is 0 Å². The van der Waals surface area contributed by atoms with Crippen LogP contribution in [0.15, 0.2) is 388 Å². The molecule has 6 heterocycles. The fourth-order valence-corrected chi connectivity index (χ4v) is 16.5. The normalized spacial score (nSPS) is 11.1. The molecular weight excluding hydrogens is 1710 g/mol. The third kappa shape index (κ3) is 23.7. The fourth-order valence-electron chi connectivity index (χ4n) is 16.5. The lowest BCUT2D eigenvalue weighted by atomic mass is 10.1. The first-order valence-corrected chi connectivity index (χ1v) is 45.3. The van der Waals surface area contributed by atoms with Crippen LogP contribution in [-0.4, -0.2) is 83.7 Å². The molecule has 21 heteroatoms. The number of rotatable bonds is 25. The molecule has 0 atom stereocenters. The molecule has 5 aromatic heterocycles. The number of hydrogen-bond acceptors (Lipinski definition) is 11. The van der Waals surface area contributed by atoms with Gasteiger partial charge in [-0.15, -0.1) is 0 Å². The van der Waals surface area contributed by atoms with Gasteiger partial charge in [0.2, 0.25) is 36.3 Å². The van der Waals surface area contributed by atoms with Gasteiger partial charge in [0.25, 0.3) is 0 Å². The van der Waals surface area contributed by atoms with Crippen LogP contribution in [0.5, 0.6) is 34.5 Å². The first-order valence-electron chi connectivity index (χ1n) is 45.3. The van der Waals surface area contributed by atoms with Crippen molar-refractivity contribution < 1.29 is 53.5 Å². The highest BCUT2D eigenvalue weighted by atomic mass is 16.7. The van der Waals surface area contributed by atoms with E-state index >= 15 is 0 Å². The monoisotopic (exact) mass is 1810 g/mol. The Morgan fingerprint density at radius 3 is 0.964 bits per heavy atom. The maximum Gasteiger partial charge on any atom is 0.231 e. The van der Waals surface area contributed by atoms with E-state index in [1.54, 1.807) is 25.3 Å². The molecule has 1 aliphatic rings. The summed E-state index contributed by atoms with van der Waals surface area (Å²) in [4.78, 5) is 79.6. The minimum Gasteiger partial charge on any atom is -0.508 e. The van der Waals surface area contributed by atoms with E-state index in [4.69, 9.17) is 14.2 Å². The zero-order valence-corrected chi connectivity index (χ0v) is 75.1. The van der Waals surface area contributed by atoms with E-state index in [0.717, 1.165) is 174 Å². The molecule has 5 amide bonds. The van der Waals surface area contributed by atoms with Crippen molar-refractivity contribution in [2.45, 2.75) is 57.8 Å². The summed E-state index contributed by atoms with van der Waals surface area (Å²) in [5.74, 6) is 1.88. The summed E-state index contributed by atoms with van der Waals surface area (Å²) in [6, 6.07) is 125. The molecule has 1 aliphatic heterocycles. The zero-order valence-electron chi connectivity index (χ0n) is 75.1. The SMILES string of the molecule is COc1ccccc1CCC(=O)Nc1ccccc1-c1cc2ccccc2[nH]1.O=C(CCc1ccc(O)c(O)c1)Nc1ccccc1-c1cc2ccccc2[nH]1.O=C(CCc1ccc(O)cc1)Nc1ccccc1-c1cc2ccccc2[nH]1.O=C(CCc1ccccc1)Nc1ccccc1-c1cc2ccccc2[nH]1.O=C(Cc1ccc2c(c1)OCO2)Nc1ccccc1-c1cc2ccccc2[nH]1. The average molecular weight is 1810 g/mol. The maximum absolute atomic E-state index is 12.6. The Morgan fingerprint density at radius 2 is 0.584 bits per heavy atom. The van der Waals surface area contributed by atoms with Gasteiger partial charge in [-0.1, -0.05) is 255 Å². The molecular formula is C116H100N10O11. The van der Waals surface area contributed by atoms with Gasteiger partial charge in [0.1, 0.15) is 11.5 Å². The number of H-pyrrole nitrogens is 5. The molecule has 0 saturated heterocycles. The van der Waals surface area contributed by atoms with Crippen molar-refractivity contribution in [2.24, 2.45) is 0 Å². The second-order valence-corrected chi connectivity index (χ2v) is 33.0. The molecule has 680 valence electrons. The molecule has 0 saturated carbocycles. The van der Waals surface area contributed by atoms with E-state index in [2.05, 4.69) is 112 Å². The molecule has 13 N–H and O–H groups in total. The number of aromatic nitrogens is 5. The van der Waals surface area contributed by atoms with Gasteiger partial charge in [-0.2, -0.15) is 0 Å². The van der Waals surface area contributed by atoms with E-state index in [1.807, 2.05) is 297 Å². The Hall–Kier alpha value is -17.9. The van der Waals surface area contributed by atoms with Gasteiger partial charge in [-0.05, 0) is 187 Å². The van der Waals surface area contributed by atoms with E-state index in [1.165, 1.54) is 17.7 Å². The molecule has 0 spiro atoms. The highest BCUT2D eigenvalue weighted by Crippen LogP contribution is 2.39. The summed E-state index contributed by atoms with van der Waals surface area (Å²) in [6.45, 7) is 0.225. The number of methoxy groups -OCH3 is 1. The lowest BCUT2D eigenvalue weighted by molar-refractivity contribution is -0.117. The van der Waals surface area contributed by atoms with Gasteiger partial charge < -0.3 is 81.0 Å². The molecule has 0 unspecified atom stereocenters. The number of hydrogen-bond donors (Lipinski definition) is 13. The van der Waals surface area contributed by atoms with Crippen molar-refractivity contribution in [3.63, 3.8) is 0 Å². The second-order valence-electron chi connectivity index (χ2n) is 33.0. The number of amides is 5. The molecule has 21 rings (SSSR count). The number of para-hydroxylation sites is 11. The zero-order chi connectivity index (χ0) is 94.2. The van der Waals surface area contributed by atoms with Gasteiger partial charge in [0.05, 0.1) is 42.0 Å². The van der Waals surface area contributed by atoms with Crippen molar-refractivity contribution in [1.82, 2.24) is 24.9 Å². The summed E-state index contributed by atoms with van der Waals surface area (Å²) in [5.41, 5.74) is 23.9. The Kier molecular flexibility index (Phi) is 29.2. The summed E-state index contributed by atoms with van der Waals surface area (Å²) in [6.07, 6.45) is 4.22. The molecule has 0 bridgehead atoms. The summed E-state index contributed by atoms with van der Waals surface area (Å²) in [5, 5.41) is 49.2. The van der Waals surface area contributed by atoms with Crippen molar-refractivity contribution in [3.05, 3.63) is 416 Å². The summed E-state index contributed by atoms with van der Waals surface area (Å²) in [7, 11) is 1.65. The fraction of sp³-hybridized carbons (Fsp3) is 0.0948. The summed E-state index contributed by atoms with van der Waals surface area (Å²) >= 11 is 0. The molecule has 20 aromatic rings. The van der Waals surface area contributed by atoms with Crippen LogP contribution >= 0.6 is 0 Å². The van der Waals surface area contributed by atoms with E-state index in [0.29, 0.717) is 50.0 Å². The predicted molar refractivity (Wildman–Crippen MR) is 549 cm³/mol. The number of carbonyl (C=O) groups is 5. The number of aromatic hydroxyl groups is 3. The van der Waals surface area contributed by atoms with Gasteiger partial charge in [-0.25, -0.2) is 0 Å². The minimum absolute atomic E-state index is 0.0190. The number of anilines is 5. The first kappa shape index (κ1) is 91.1. The van der Waals surface area contributed by atoms with Crippen LogP contribution in [0.2, 0.25) is 0 Å². The van der Waals surface area contributed by atoms with Crippen molar-refractivity contribution in [3.8, 4) is 90.8 Å². The van der Waals surface area contributed by atoms with Crippen LogP contribution in [0, 0.1) is 0 Å². The number of phenols is 3. The molecule has 137 heavy (non-hydrogen) atoms. The van der Waals surface area contributed by atoms with E-state index < -0.39 is 0 Å². The predicted octanol–water partition coefficient (Wildman–Crippen LogP) is 25.5. The topological polar surface area (TPSA) is 313 Å². The molecule has 0 aliphatic carbocycles. The quantitative estimate of drug-likeness (QED) is 0.0239. The number of fused-ring (bicyclic) bond motifs is 6. The Bertz CT molecular complexity index is 7470. The molecule has 21 nitrogen and oxygen atoms in total. The van der Waals surface area contributed by atoms with E-state index in [9.17, 15) is 39.3 Å². The van der Waals surface area contributed by atoms with E-state index in [-0.39, 0.29) is 66.4 Å². The van der Waals surface area contributed by atoms with Gasteiger partial charge in [0.15, 0.2) is 23.0 Å². The second kappa shape index (κ2) is 43.9. The smallest absolute Gasteiger partial charge is 0.231 e. The van der Waals surface area contributed by atoms with Crippen LogP contribution in [0.4, 0.5) is 28.4 Å². The molecule has 15 aromatic carbocycles. The van der Waals surface area contributed by atoms with Gasteiger partial charge >= 0.3 is 0 Å². The summed E-state index contributed by atoms with van der Waals surface area (Å²) < 4.78 is 16.1. The Balaban J connectivity index is 0.000000119.